The Kier molecular flexibility index (Phi) is 7.18. The van der Waals surface area contributed by atoms with Gasteiger partial charge in [0.05, 0.1) is 28.9 Å². The fourth-order valence-corrected chi connectivity index (χ4v) is 2.24. The Morgan fingerprint density at radius 2 is 1.83 bits per heavy atom. The van der Waals surface area contributed by atoms with Crippen molar-refractivity contribution in [3.05, 3.63) is 52.5 Å². The van der Waals surface area contributed by atoms with Crippen LogP contribution >= 0.6 is 23.2 Å². The SMILES string of the molecule is COCCOc1ccc(NCC(=O)Nc2cccc(Cl)c2Cl)cc1. The second kappa shape index (κ2) is 9.37. The molecule has 0 aromatic heterocycles. The van der Waals surface area contributed by atoms with Crippen LogP contribution in [0.1, 0.15) is 0 Å². The molecule has 128 valence electrons. The van der Waals surface area contributed by atoms with Crippen LogP contribution in [0.25, 0.3) is 0 Å². The minimum Gasteiger partial charge on any atom is -0.491 e. The highest BCUT2D eigenvalue weighted by Crippen LogP contribution is 2.29. The molecule has 2 N–H and O–H groups in total. The van der Waals surface area contributed by atoms with Crippen LogP contribution in [0.3, 0.4) is 0 Å². The molecule has 0 saturated heterocycles. The van der Waals surface area contributed by atoms with E-state index in [4.69, 9.17) is 32.7 Å². The van der Waals surface area contributed by atoms with E-state index in [0.717, 1.165) is 11.4 Å². The number of hydrogen-bond donors (Lipinski definition) is 2. The minimum atomic E-state index is -0.223. The molecule has 0 atom stereocenters. The average Bonchev–Trinajstić information content (AvgIpc) is 2.58. The first kappa shape index (κ1) is 18.4. The van der Waals surface area contributed by atoms with Crippen LogP contribution in [0.4, 0.5) is 11.4 Å². The largest absolute Gasteiger partial charge is 0.491 e. The van der Waals surface area contributed by atoms with Gasteiger partial charge in [-0.05, 0) is 36.4 Å². The smallest absolute Gasteiger partial charge is 0.243 e. The topological polar surface area (TPSA) is 59.6 Å². The van der Waals surface area contributed by atoms with Gasteiger partial charge >= 0.3 is 0 Å². The van der Waals surface area contributed by atoms with E-state index in [1.807, 2.05) is 24.3 Å². The highest BCUT2D eigenvalue weighted by Gasteiger charge is 2.08. The van der Waals surface area contributed by atoms with Crippen LogP contribution < -0.4 is 15.4 Å². The van der Waals surface area contributed by atoms with Gasteiger partial charge < -0.3 is 20.1 Å². The second-order valence-electron chi connectivity index (χ2n) is 4.87. The van der Waals surface area contributed by atoms with Crippen molar-refractivity contribution in [1.29, 1.82) is 0 Å². The van der Waals surface area contributed by atoms with Gasteiger partial charge in [0.15, 0.2) is 0 Å². The van der Waals surface area contributed by atoms with Gasteiger partial charge in [-0.2, -0.15) is 0 Å². The lowest BCUT2D eigenvalue weighted by molar-refractivity contribution is -0.114. The Hall–Kier alpha value is -1.95. The van der Waals surface area contributed by atoms with E-state index in [-0.39, 0.29) is 12.5 Å². The fourth-order valence-electron chi connectivity index (χ4n) is 1.89. The lowest BCUT2D eigenvalue weighted by atomic mass is 10.3. The van der Waals surface area contributed by atoms with E-state index in [2.05, 4.69) is 10.6 Å². The molecule has 0 bridgehead atoms. The molecule has 2 aromatic rings. The van der Waals surface area contributed by atoms with Crippen LogP contribution in [0.2, 0.25) is 10.0 Å². The molecule has 2 rings (SSSR count). The van der Waals surface area contributed by atoms with Gasteiger partial charge in [0.25, 0.3) is 0 Å². The maximum atomic E-state index is 12.0. The summed E-state index contributed by atoms with van der Waals surface area (Å²) in [6.45, 7) is 1.13. The lowest BCUT2D eigenvalue weighted by Gasteiger charge is -2.10. The molecule has 0 unspecified atom stereocenters. The lowest BCUT2D eigenvalue weighted by Crippen LogP contribution is -2.21. The average molecular weight is 369 g/mol. The van der Waals surface area contributed by atoms with Crippen LogP contribution in [-0.2, 0) is 9.53 Å². The molecule has 0 aliphatic heterocycles. The fraction of sp³-hybridized carbons (Fsp3) is 0.235. The summed E-state index contributed by atoms with van der Waals surface area (Å²) in [4.78, 5) is 12.0. The summed E-state index contributed by atoms with van der Waals surface area (Å²) in [5, 5.41) is 6.45. The molecule has 0 saturated carbocycles. The van der Waals surface area contributed by atoms with E-state index in [9.17, 15) is 4.79 Å². The second-order valence-corrected chi connectivity index (χ2v) is 5.65. The zero-order chi connectivity index (χ0) is 17.4. The van der Waals surface area contributed by atoms with Crippen molar-refractivity contribution < 1.29 is 14.3 Å². The van der Waals surface area contributed by atoms with E-state index in [1.165, 1.54) is 0 Å². The molecule has 24 heavy (non-hydrogen) atoms. The van der Waals surface area contributed by atoms with Crippen molar-refractivity contribution in [2.45, 2.75) is 0 Å². The zero-order valence-electron chi connectivity index (χ0n) is 13.1. The van der Waals surface area contributed by atoms with Crippen LogP contribution in [-0.4, -0.2) is 32.8 Å². The predicted molar refractivity (Wildman–Crippen MR) is 97.4 cm³/mol. The van der Waals surface area contributed by atoms with Crippen molar-refractivity contribution in [3.8, 4) is 5.75 Å². The van der Waals surface area contributed by atoms with E-state index >= 15 is 0 Å². The highest BCUT2D eigenvalue weighted by atomic mass is 35.5. The standard InChI is InChI=1S/C17H18Cl2N2O3/c1-23-9-10-24-13-7-5-12(6-8-13)20-11-16(22)21-15-4-2-3-14(18)17(15)19/h2-8,20H,9-11H2,1H3,(H,21,22). The molecule has 2 aromatic carbocycles. The Labute approximate surface area is 150 Å². The normalized spacial score (nSPS) is 10.3. The Bertz CT molecular complexity index is 678. The molecule has 0 radical (unpaired) electrons. The summed E-state index contributed by atoms with van der Waals surface area (Å²) in [7, 11) is 1.62. The maximum Gasteiger partial charge on any atom is 0.243 e. The van der Waals surface area contributed by atoms with Crippen molar-refractivity contribution in [1.82, 2.24) is 0 Å². The third kappa shape index (κ3) is 5.60. The predicted octanol–water partition coefficient (Wildman–Crippen LogP) is 4.07. The van der Waals surface area contributed by atoms with Gasteiger partial charge in [-0.1, -0.05) is 29.3 Å². The molecule has 5 nitrogen and oxygen atoms in total. The number of amides is 1. The zero-order valence-corrected chi connectivity index (χ0v) is 14.7. The number of carbonyl (C=O) groups is 1. The molecule has 0 aliphatic rings. The summed E-state index contributed by atoms with van der Waals surface area (Å²) in [5.74, 6) is 0.521. The minimum absolute atomic E-state index is 0.104. The van der Waals surface area contributed by atoms with Gasteiger partial charge in [-0.3, -0.25) is 4.79 Å². The number of halogens is 2. The summed E-state index contributed by atoms with van der Waals surface area (Å²) in [6.07, 6.45) is 0. The summed E-state index contributed by atoms with van der Waals surface area (Å²) in [6, 6.07) is 12.4. The molecule has 0 heterocycles. The van der Waals surface area contributed by atoms with E-state index in [0.29, 0.717) is 28.9 Å². The first-order valence-corrected chi connectivity index (χ1v) is 8.05. The first-order valence-electron chi connectivity index (χ1n) is 7.29. The number of hydrogen-bond acceptors (Lipinski definition) is 4. The van der Waals surface area contributed by atoms with Crippen LogP contribution in [0, 0.1) is 0 Å². The van der Waals surface area contributed by atoms with Gasteiger partial charge in [0.1, 0.15) is 12.4 Å². The molecular formula is C17H18Cl2N2O3. The Balaban J connectivity index is 1.82. The number of ether oxygens (including phenoxy) is 2. The molecule has 1 amide bonds. The third-order valence-corrected chi connectivity index (χ3v) is 3.91. The first-order chi connectivity index (χ1) is 11.6. The summed E-state index contributed by atoms with van der Waals surface area (Å²) < 4.78 is 10.4. The van der Waals surface area contributed by atoms with Gasteiger partial charge in [0, 0.05) is 12.8 Å². The quantitative estimate of drug-likeness (QED) is 0.689. The number of carbonyl (C=O) groups excluding carboxylic acids is 1. The van der Waals surface area contributed by atoms with Gasteiger partial charge in [-0.25, -0.2) is 0 Å². The molecular weight excluding hydrogens is 351 g/mol. The number of methoxy groups -OCH3 is 1. The van der Waals surface area contributed by atoms with E-state index < -0.39 is 0 Å². The molecule has 0 spiro atoms. The number of anilines is 2. The molecule has 0 fully saturated rings. The van der Waals surface area contributed by atoms with Crippen molar-refractivity contribution in [2.75, 3.05) is 37.5 Å². The maximum absolute atomic E-state index is 12.0. The Morgan fingerprint density at radius 3 is 2.54 bits per heavy atom. The Morgan fingerprint density at radius 1 is 1.08 bits per heavy atom. The van der Waals surface area contributed by atoms with Crippen molar-refractivity contribution >= 4 is 40.5 Å². The monoisotopic (exact) mass is 368 g/mol. The molecule has 0 aliphatic carbocycles. The van der Waals surface area contributed by atoms with Crippen molar-refractivity contribution in [2.24, 2.45) is 0 Å². The third-order valence-electron chi connectivity index (χ3n) is 3.09. The number of nitrogens with one attached hydrogen (secondary N) is 2. The van der Waals surface area contributed by atoms with E-state index in [1.54, 1.807) is 25.3 Å². The van der Waals surface area contributed by atoms with Crippen LogP contribution in [0.15, 0.2) is 42.5 Å². The highest BCUT2D eigenvalue weighted by molar-refractivity contribution is 6.44. The van der Waals surface area contributed by atoms with Crippen molar-refractivity contribution in [3.63, 3.8) is 0 Å². The van der Waals surface area contributed by atoms with Crippen LogP contribution in [0.5, 0.6) is 5.75 Å². The van der Waals surface area contributed by atoms with Gasteiger partial charge in [-0.15, -0.1) is 0 Å². The van der Waals surface area contributed by atoms with Gasteiger partial charge in [0.2, 0.25) is 5.91 Å². The molecule has 7 heteroatoms. The number of benzene rings is 2. The summed E-state index contributed by atoms with van der Waals surface area (Å²) >= 11 is 11.9. The summed E-state index contributed by atoms with van der Waals surface area (Å²) in [5.41, 5.74) is 1.29. The number of rotatable bonds is 8.